The quantitative estimate of drug-likeness (QED) is 0.0262. The Morgan fingerprint density at radius 2 is 0.565 bits per heavy atom. The van der Waals surface area contributed by atoms with Gasteiger partial charge in [-0.15, -0.1) is 0 Å². The van der Waals surface area contributed by atoms with Crippen molar-refractivity contribution in [2.45, 2.75) is 322 Å². The van der Waals surface area contributed by atoms with Crippen LogP contribution in [-0.2, 0) is 28.6 Å². The lowest BCUT2D eigenvalue weighted by Crippen LogP contribution is -2.30. The zero-order valence-corrected chi connectivity index (χ0v) is 46.1. The van der Waals surface area contributed by atoms with Crippen LogP contribution in [0.4, 0.5) is 0 Å². The minimum absolute atomic E-state index is 0.0758. The second kappa shape index (κ2) is 57.9. The molecular formula is C63H114O6. The predicted octanol–water partition coefficient (Wildman–Crippen LogP) is 20.2. The summed E-state index contributed by atoms with van der Waals surface area (Å²) in [5.74, 6) is -0.885. The lowest BCUT2D eigenvalue weighted by molar-refractivity contribution is -0.167. The van der Waals surface area contributed by atoms with E-state index in [-0.39, 0.29) is 31.1 Å². The first-order valence-corrected chi connectivity index (χ1v) is 30.1. The molecule has 6 nitrogen and oxygen atoms in total. The summed E-state index contributed by atoms with van der Waals surface area (Å²) in [7, 11) is 0. The topological polar surface area (TPSA) is 78.9 Å². The molecule has 0 aliphatic heterocycles. The summed E-state index contributed by atoms with van der Waals surface area (Å²) in [5.41, 5.74) is 0. The molecule has 0 radical (unpaired) electrons. The van der Waals surface area contributed by atoms with Crippen molar-refractivity contribution >= 4 is 17.9 Å². The van der Waals surface area contributed by atoms with E-state index in [4.69, 9.17) is 14.2 Å². The maximum absolute atomic E-state index is 12.8. The van der Waals surface area contributed by atoms with Crippen LogP contribution in [0.15, 0.2) is 48.6 Å². The standard InChI is InChI=1S/C63H114O6/c1-4-7-10-13-16-18-20-22-24-26-28-29-30-31-32-33-34-36-37-39-41-43-45-47-50-53-56-62(65)68-59-60(58-67-61(64)55-52-49-15-12-9-6-3)69-63(66)57-54-51-48-46-44-42-40-38-35-27-25-23-21-19-17-14-11-8-5-2/h8,11,17,19,23,25,35,38,60H,4-7,9-10,12-16,18,20-22,24,26-34,36-37,39-59H2,1-3H3/b11-8-,19-17-,25-23-,38-35-. The number of rotatable bonds is 55. The number of hydrogen-bond donors (Lipinski definition) is 0. The molecule has 0 aliphatic carbocycles. The molecule has 69 heavy (non-hydrogen) atoms. The molecule has 0 N–H and O–H groups in total. The third-order valence-electron chi connectivity index (χ3n) is 13.3. The summed E-state index contributed by atoms with van der Waals surface area (Å²) in [6.07, 6.45) is 71.5. The molecule has 0 bridgehead atoms. The van der Waals surface area contributed by atoms with E-state index >= 15 is 0 Å². The van der Waals surface area contributed by atoms with Crippen molar-refractivity contribution in [3.8, 4) is 0 Å². The summed E-state index contributed by atoms with van der Waals surface area (Å²) >= 11 is 0. The van der Waals surface area contributed by atoms with Gasteiger partial charge in [-0.1, -0.05) is 288 Å². The zero-order valence-electron chi connectivity index (χ0n) is 46.1. The first kappa shape index (κ1) is 66.4. The van der Waals surface area contributed by atoms with Crippen molar-refractivity contribution in [2.75, 3.05) is 13.2 Å². The van der Waals surface area contributed by atoms with Crippen molar-refractivity contribution in [1.29, 1.82) is 0 Å². The fourth-order valence-electron chi connectivity index (χ4n) is 8.85. The largest absolute Gasteiger partial charge is 0.462 e. The van der Waals surface area contributed by atoms with Crippen LogP contribution in [0.5, 0.6) is 0 Å². The highest BCUT2D eigenvalue weighted by atomic mass is 16.6. The number of unbranched alkanes of at least 4 members (excludes halogenated alkanes) is 36. The highest BCUT2D eigenvalue weighted by Crippen LogP contribution is 2.17. The second-order valence-corrected chi connectivity index (χ2v) is 20.2. The molecule has 0 aromatic heterocycles. The van der Waals surface area contributed by atoms with Crippen molar-refractivity contribution in [1.82, 2.24) is 0 Å². The molecule has 402 valence electrons. The fourth-order valence-corrected chi connectivity index (χ4v) is 8.85. The summed E-state index contributed by atoms with van der Waals surface area (Å²) in [6, 6.07) is 0. The summed E-state index contributed by atoms with van der Waals surface area (Å²) in [6.45, 7) is 6.50. The fraction of sp³-hybridized carbons (Fsp3) is 0.825. The molecule has 0 fully saturated rings. The Balaban J connectivity index is 4.07. The number of esters is 3. The highest BCUT2D eigenvalue weighted by Gasteiger charge is 2.19. The van der Waals surface area contributed by atoms with Gasteiger partial charge in [-0.3, -0.25) is 14.4 Å². The monoisotopic (exact) mass is 967 g/mol. The minimum Gasteiger partial charge on any atom is -0.462 e. The van der Waals surface area contributed by atoms with Gasteiger partial charge >= 0.3 is 17.9 Å². The highest BCUT2D eigenvalue weighted by molar-refractivity contribution is 5.71. The van der Waals surface area contributed by atoms with Crippen LogP contribution in [0, 0.1) is 0 Å². The normalized spacial score (nSPS) is 12.3. The average molecular weight is 968 g/mol. The van der Waals surface area contributed by atoms with Gasteiger partial charge in [-0.25, -0.2) is 0 Å². The molecular weight excluding hydrogens is 853 g/mol. The average Bonchev–Trinajstić information content (AvgIpc) is 3.35. The Kier molecular flexibility index (Phi) is 55.7. The van der Waals surface area contributed by atoms with Gasteiger partial charge in [-0.05, 0) is 57.8 Å². The van der Waals surface area contributed by atoms with Crippen LogP contribution in [0.2, 0.25) is 0 Å². The second-order valence-electron chi connectivity index (χ2n) is 20.2. The van der Waals surface area contributed by atoms with Crippen molar-refractivity contribution in [3.05, 3.63) is 48.6 Å². The first-order valence-electron chi connectivity index (χ1n) is 30.1. The molecule has 6 heteroatoms. The van der Waals surface area contributed by atoms with Crippen LogP contribution >= 0.6 is 0 Å². The van der Waals surface area contributed by atoms with Gasteiger partial charge in [0.2, 0.25) is 0 Å². The molecule has 0 amide bonds. The van der Waals surface area contributed by atoms with Crippen LogP contribution in [-0.4, -0.2) is 37.2 Å². The molecule has 0 rings (SSSR count). The molecule has 0 spiro atoms. The Hall–Kier alpha value is -2.63. The number of allylic oxidation sites excluding steroid dienone is 8. The minimum atomic E-state index is -0.776. The molecule has 0 heterocycles. The van der Waals surface area contributed by atoms with Gasteiger partial charge in [0, 0.05) is 19.3 Å². The number of ether oxygens (including phenoxy) is 3. The number of carbonyl (C=O) groups excluding carboxylic acids is 3. The summed E-state index contributed by atoms with van der Waals surface area (Å²) < 4.78 is 16.8. The maximum atomic E-state index is 12.8. The van der Waals surface area contributed by atoms with Gasteiger partial charge in [0.05, 0.1) is 0 Å². The van der Waals surface area contributed by atoms with E-state index < -0.39 is 6.10 Å². The van der Waals surface area contributed by atoms with E-state index in [2.05, 4.69) is 69.4 Å². The maximum Gasteiger partial charge on any atom is 0.306 e. The Morgan fingerprint density at radius 3 is 0.884 bits per heavy atom. The molecule has 0 aliphatic rings. The lowest BCUT2D eigenvalue weighted by atomic mass is 10.0. The van der Waals surface area contributed by atoms with E-state index in [1.54, 1.807) is 0 Å². The zero-order chi connectivity index (χ0) is 50.0. The van der Waals surface area contributed by atoms with Gasteiger partial charge < -0.3 is 14.2 Å². The van der Waals surface area contributed by atoms with Crippen LogP contribution in [0.25, 0.3) is 0 Å². The van der Waals surface area contributed by atoms with Crippen LogP contribution in [0.3, 0.4) is 0 Å². The molecule has 0 saturated carbocycles. The van der Waals surface area contributed by atoms with Crippen molar-refractivity contribution in [3.63, 3.8) is 0 Å². The Bertz CT molecular complexity index is 1200. The molecule has 0 saturated heterocycles. The van der Waals surface area contributed by atoms with E-state index in [9.17, 15) is 14.4 Å². The molecule has 1 atom stereocenters. The lowest BCUT2D eigenvalue weighted by Gasteiger charge is -2.18. The smallest absolute Gasteiger partial charge is 0.306 e. The Morgan fingerprint density at radius 1 is 0.304 bits per heavy atom. The predicted molar refractivity (Wildman–Crippen MR) is 298 cm³/mol. The van der Waals surface area contributed by atoms with E-state index in [0.29, 0.717) is 19.3 Å². The van der Waals surface area contributed by atoms with Crippen LogP contribution in [0.1, 0.15) is 316 Å². The Labute approximate surface area is 428 Å². The van der Waals surface area contributed by atoms with Gasteiger partial charge in [0.25, 0.3) is 0 Å². The van der Waals surface area contributed by atoms with Gasteiger partial charge in [-0.2, -0.15) is 0 Å². The summed E-state index contributed by atoms with van der Waals surface area (Å²) in [4.78, 5) is 37.9. The molecule has 0 aromatic rings. The van der Waals surface area contributed by atoms with E-state index in [1.165, 1.54) is 180 Å². The summed E-state index contributed by atoms with van der Waals surface area (Å²) in [5, 5.41) is 0. The SMILES string of the molecule is CC/C=C\C/C=C\C/C=C\C/C=C\CCCCCCCCC(=O)OC(COC(=O)CCCCCCCC)COC(=O)CCCCCCCCCCCCCCCCCCCCCCCCCCCC. The van der Waals surface area contributed by atoms with E-state index in [0.717, 1.165) is 96.3 Å². The van der Waals surface area contributed by atoms with Gasteiger partial charge in [0.15, 0.2) is 6.10 Å². The first-order chi connectivity index (χ1) is 34.0. The van der Waals surface area contributed by atoms with Gasteiger partial charge in [0.1, 0.15) is 13.2 Å². The third kappa shape index (κ3) is 56.2. The number of hydrogen-bond acceptors (Lipinski definition) is 6. The number of carbonyl (C=O) groups is 3. The van der Waals surface area contributed by atoms with Crippen molar-refractivity contribution in [2.24, 2.45) is 0 Å². The van der Waals surface area contributed by atoms with Crippen LogP contribution < -0.4 is 0 Å². The third-order valence-corrected chi connectivity index (χ3v) is 13.3. The molecule has 1 unspecified atom stereocenters. The van der Waals surface area contributed by atoms with Crippen molar-refractivity contribution < 1.29 is 28.6 Å². The molecule has 0 aromatic carbocycles. The van der Waals surface area contributed by atoms with E-state index in [1.807, 2.05) is 0 Å².